The first-order valence-electron chi connectivity index (χ1n) is 9.76. The Morgan fingerprint density at radius 2 is 1.79 bits per heavy atom. The monoisotopic (exact) mass is 400 g/mol. The molecular weight excluding hydrogens is 368 g/mol. The van der Waals surface area contributed by atoms with Crippen LogP contribution >= 0.6 is 0 Å². The smallest absolute Gasteiger partial charge is 0.191 e. The van der Waals surface area contributed by atoms with Crippen LogP contribution in [-0.4, -0.2) is 45.4 Å². The summed E-state index contributed by atoms with van der Waals surface area (Å²) in [7, 11) is 4.96. The summed E-state index contributed by atoms with van der Waals surface area (Å²) in [6.07, 6.45) is 2.66. The van der Waals surface area contributed by atoms with Crippen LogP contribution in [0.4, 0.5) is 0 Å². The molecule has 2 rings (SSSR count). The maximum Gasteiger partial charge on any atom is 0.191 e. The van der Waals surface area contributed by atoms with E-state index in [2.05, 4.69) is 20.6 Å². The number of ether oxygens (including phenoxy) is 3. The van der Waals surface area contributed by atoms with Gasteiger partial charge in [0.05, 0.1) is 33.6 Å². The summed E-state index contributed by atoms with van der Waals surface area (Å²) in [5.41, 5.74) is 4.12. The number of pyridine rings is 1. The van der Waals surface area contributed by atoms with E-state index in [1.807, 2.05) is 45.2 Å². The fourth-order valence-corrected chi connectivity index (χ4v) is 3.09. The van der Waals surface area contributed by atoms with Crippen molar-refractivity contribution in [2.24, 2.45) is 4.99 Å². The van der Waals surface area contributed by atoms with Crippen molar-refractivity contribution in [2.45, 2.75) is 33.7 Å². The second-order valence-electron chi connectivity index (χ2n) is 6.61. The van der Waals surface area contributed by atoms with E-state index >= 15 is 0 Å². The summed E-state index contributed by atoms with van der Waals surface area (Å²) in [5, 5.41) is 6.65. The molecule has 158 valence electrons. The zero-order valence-electron chi connectivity index (χ0n) is 18.3. The minimum absolute atomic E-state index is 0.480. The van der Waals surface area contributed by atoms with Crippen LogP contribution in [0.2, 0.25) is 0 Å². The molecular formula is C22H32N4O3. The van der Waals surface area contributed by atoms with Crippen LogP contribution in [-0.2, 0) is 13.0 Å². The summed E-state index contributed by atoms with van der Waals surface area (Å²) < 4.78 is 16.1. The molecule has 0 radical (unpaired) electrons. The molecule has 0 fully saturated rings. The summed E-state index contributed by atoms with van der Waals surface area (Å²) in [5.74, 6) is 3.10. The lowest BCUT2D eigenvalue weighted by molar-refractivity contribution is 0.354. The second kappa shape index (κ2) is 11.1. The van der Waals surface area contributed by atoms with E-state index in [1.165, 1.54) is 0 Å². The van der Waals surface area contributed by atoms with Gasteiger partial charge in [-0.3, -0.25) is 4.98 Å². The van der Waals surface area contributed by atoms with E-state index in [1.54, 1.807) is 21.3 Å². The first-order chi connectivity index (χ1) is 14.0. The first kappa shape index (κ1) is 22.3. The van der Waals surface area contributed by atoms with Gasteiger partial charge in [-0.15, -0.1) is 0 Å². The van der Waals surface area contributed by atoms with Crippen molar-refractivity contribution < 1.29 is 14.2 Å². The molecule has 0 unspecified atom stereocenters. The van der Waals surface area contributed by atoms with Crippen molar-refractivity contribution in [1.82, 2.24) is 15.6 Å². The third-order valence-electron chi connectivity index (χ3n) is 4.64. The average Bonchev–Trinajstić information content (AvgIpc) is 2.73. The lowest BCUT2D eigenvalue weighted by Crippen LogP contribution is -2.38. The highest BCUT2D eigenvalue weighted by Gasteiger charge is 2.09. The number of benzene rings is 1. The molecule has 0 saturated carbocycles. The van der Waals surface area contributed by atoms with E-state index in [0.29, 0.717) is 6.54 Å². The fraction of sp³-hybridized carbons (Fsp3) is 0.455. The Morgan fingerprint density at radius 3 is 2.45 bits per heavy atom. The van der Waals surface area contributed by atoms with Gasteiger partial charge in [0, 0.05) is 30.4 Å². The van der Waals surface area contributed by atoms with E-state index in [0.717, 1.165) is 65.1 Å². The molecule has 1 aromatic heterocycles. The standard InChI is InChI=1S/C22H32N4O3/c1-7-23-22(26-14-18-16(3)21(29-6)15(2)13-25-18)24-11-10-17-8-9-19(27-4)20(12-17)28-5/h8-9,12-13H,7,10-11,14H2,1-6H3,(H2,23,24,26). The SMILES string of the molecule is CCNC(=NCc1ncc(C)c(OC)c1C)NCCc1ccc(OC)c(OC)c1. The number of aromatic nitrogens is 1. The van der Waals surface area contributed by atoms with Gasteiger partial charge >= 0.3 is 0 Å². The summed E-state index contributed by atoms with van der Waals surface area (Å²) in [6.45, 7) is 8.06. The maximum atomic E-state index is 5.48. The fourth-order valence-electron chi connectivity index (χ4n) is 3.09. The topological polar surface area (TPSA) is 77.0 Å². The van der Waals surface area contributed by atoms with Crippen molar-refractivity contribution in [3.63, 3.8) is 0 Å². The van der Waals surface area contributed by atoms with Gasteiger partial charge in [0.1, 0.15) is 5.75 Å². The van der Waals surface area contributed by atoms with Crippen LogP contribution in [0, 0.1) is 13.8 Å². The zero-order chi connectivity index (χ0) is 21.2. The van der Waals surface area contributed by atoms with Crippen LogP contribution in [0.15, 0.2) is 29.4 Å². The van der Waals surface area contributed by atoms with Crippen molar-refractivity contribution in [2.75, 3.05) is 34.4 Å². The molecule has 1 aromatic carbocycles. The van der Waals surface area contributed by atoms with Crippen LogP contribution in [0.25, 0.3) is 0 Å². The van der Waals surface area contributed by atoms with Gasteiger partial charge in [-0.25, -0.2) is 4.99 Å². The van der Waals surface area contributed by atoms with E-state index in [9.17, 15) is 0 Å². The Labute approximate surface area is 173 Å². The molecule has 0 aliphatic rings. The Kier molecular flexibility index (Phi) is 8.58. The zero-order valence-corrected chi connectivity index (χ0v) is 18.3. The number of aliphatic imine (C=N–C) groups is 1. The minimum Gasteiger partial charge on any atom is -0.496 e. The Hall–Kier alpha value is -2.96. The van der Waals surface area contributed by atoms with Gasteiger partial charge in [-0.05, 0) is 44.9 Å². The molecule has 29 heavy (non-hydrogen) atoms. The predicted molar refractivity (Wildman–Crippen MR) is 116 cm³/mol. The highest BCUT2D eigenvalue weighted by molar-refractivity contribution is 5.79. The van der Waals surface area contributed by atoms with E-state index in [4.69, 9.17) is 14.2 Å². The highest BCUT2D eigenvalue weighted by atomic mass is 16.5. The van der Waals surface area contributed by atoms with Gasteiger partial charge in [0.25, 0.3) is 0 Å². The normalized spacial score (nSPS) is 11.2. The molecule has 0 bridgehead atoms. The number of hydrogen-bond acceptors (Lipinski definition) is 5. The molecule has 7 nitrogen and oxygen atoms in total. The number of guanidine groups is 1. The van der Waals surface area contributed by atoms with Crippen LogP contribution in [0.1, 0.15) is 29.3 Å². The summed E-state index contributed by atoms with van der Waals surface area (Å²) in [6, 6.07) is 5.96. The van der Waals surface area contributed by atoms with Gasteiger partial charge in [0.2, 0.25) is 0 Å². The molecule has 0 saturated heterocycles. The number of aryl methyl sites for hydroxylation is 1. The molecule has 2 N–H and O–H groups in total. The van der Waals surface area contributed by atoms with Crippen LogP contribution < -0.4 is 24.8 Å². The second-order valence-corrected chi connectivity index (χ2v) is 6.61. The molecule has 2 aromatic rings. The van der Waals surface area contributed by atoms with Crippen LogP contribution in [0.3, 0.4) is 0 Å². The molecule has 0 atom stereocenters. The number of nitrogens with zero attached hydrogens (tertiary/aromatic N) is 2. The van der Waals surface area contributed by atoms with Crippen molar-refractivity contribution in [3.8, 4) is 17.2 Å². The third-order valence-corrected chi connectivity index (χ3v) is 4.64. The van der Waals surface area contributed by atoms with Crippen molar-refractivity contribution >= 4 is 5.96 Å². The number of rotatable bonds is 9. The average molecular weight is 401 g/mol. The van der Waals surface area contributed by atoms with Crippen molar-refractivity contribution in [1.29, 1.82) is 0 Å². The van der Waals surface area contributed by atoms with E-state index in [-0.39, 0.29) is 0 Å². The molecule has 7 heteroatoms. The summed E-state index contributed by atoms with van der Waals surface area (Å²) >= 11 is 0. The Morgan fingerprint density at radius 1 is 1.03 bits per heavy atom. The molecule has 0 spiro atoms. The Bertz CT molecular complexity index is 837. The number of hydrogen-bond donors (Lipinski definition) is 2. The largest absolute Gasteiger partial charge is 0.496 e. The predicted octanol–water partition coefficient (Wildman–Crippen LogP) is 3.02. The summed E-state index contributed by atoms with van der Waals surface area (Å²) in [4.78, 5) is 9.19. The van der Waals surface area contributed by atoms with Crippen molar-refractivity contribution in [3.05, 3.63) is 46.8 Å². The molecule has 0 amide bonds. The number of nitrogens with one attached hydrogen (secondary N) is 2. The third kappa shape index (κ3) is 6.01. The first-order valence-corrected chi connectivity index (χ1v) is 9.76. The number of methoxy groups -OCH3 is 3. The highest BCUT2D eigenvalue weighted by Crippen LogP contribution is 2.27. The van der Waals surface area contributed by atoms with Gasteiger partial charge in [0.15, 0.2) is 17.5 Å². The van der Waals surface area contributed by atoms with Gasteiger partial charge in [-0.1, -0.05) is 6.07 Å². The van der Waals surface area contributed by atoms with Crippen LogP contribution in [0.5, 0.6) is 17.2 Å². The van der Waals surface area contributed by atoms with Gasteiger partial charge in [-0.2, -0.15) is 0 Å². The molecule has 1 heterocycles. The Balaban J connectivity index is 2.01. The quantitative estimate of drug-likeness (QED) is 0.498. The molecule has 0 aliphatic carbocycles. The minimum atomic E-state index is 0.480. The molecule has 0 aliphatic heterocycles. The maximum absolute atomic E-state index is 5.48. The lowest BCUT2D eigenvalue weighted by Gasteiger charge is -2.14. The van der Waals surface area contributed by atoms with E-state index < -0.39 is 0 Å². The lowest BCUT2D eigenvalue weighted by atomic mass is 10.1. The van der Waals surface area contributed by atoms with Gasteiger partial charge < -0.3 is 24.8 Å².